The van der Waals surface area contributed by atoms with Crippen molar-refractivity contribution in [2.24, 2.45) is 0 Å². The Kier molecular flexibility index (Phi) is 9.46. The predicted octanol–water partition coefficient (Wildman–Crippen LogP) is 4.50. The topological polar surface area (TPSA) is 71.3 Å². The van der Waals surface area contributed by atoms with E-state index >= 15 is 0 Å². The summed E-state index contributed by atoms with van der Waals surface area (Å²) in [5.74, 6) is 0. The molecule has 0 spiro atoms. The quantitative estimate of drug-likeness (QED) is 0.424. The fourth-order valence-corrected chi connectivity index (χ4v) is 3.88. The molecule has 1 aromatic carbocycles. The summed E-state index contributed by atoms with van der Waals surface area (Å²) in [4.78, 5) is 11.7. The van der Waals surface area contributed by atoms with E-state index in [9.17, 15) is 0 Å². The Morgan fingerprint density at radius 2 is 1.47 bits per heavy atom. The summed E-state index contributed by atoms with van der Waals surface area (Å²) in [5.41, 5.74) is 3.28. The van der Waals surface area contributed by atoms with Crippen LogP contribution in [-0.4, -0.2) is 67.2 Å². The Labute approximate surface area is 189 Å². The Morgan fingerprint density at radius 1 is 0.767 bits per heavy atom. The van der Waals surface area contributed by atoms with Crippen molar-refractivity contribution in [3.63, 3.8) is 0 Å². The van der Waals surface area contributed by atoms with Crippen LogP contribution in [0, 0.1) is 0 Å². The minimum Gasteiger partial charge on any atom is -0.664 e. The first-order chi connectivity index (χ1) is 14.4. The van der Waals surface area contributed by atoms with Gasteiger partial charge in [-0.1, -0.05) is 25.0 Å². The van der Waals surface area contributed by atoms with E-state index < -0.39 is 0 Å². The maximum atomic E-state index is 4.72. The molecule has 1 radical (unpaired) electrons. The van der Waals surface area contributed by atoms with Gasteiger partial charge >= 0.3 is 0 Å². The molecule has 0 atom stereocenters. The molecule has 3 heterocycles. The van der Waals surface area contributed by atoms with E-state index in [4.69, 9.17) is 5.32 Å². The minimum atomic E-state index is 0. The summed E-state index contributed by atoms with van der Waals surface area (Å²) in [5, 5.41) is 16.2. The molecule has 2 aromatic heterocycles. The van der Waals surface area contributed by atoms with Gasteiger partial charge in [0.25, 0.3) is 0 Å². The van der Waals surface area contributed by atoms with Crippen LogP contribution in [0.1, 0.15) is 18.4 Å². The summed E-state index contributed by atoms with van der Waals surface area (Å²) in [6, 6.07) is 10.6. The minimum absolute atomic E-state index is 0. The number of hydrogen-bond donors (Lipinski definition) is 0. The first-order valence-corrected chi connectivity index (χ1v) is 10.7. The molecule has 0 bridgehead atoms. The van der Waals surface area contributed by atoms with E-state index in [0.29, 0.717) is 0 Å². The van der Waals surface area contributed by atoms with Crippen LogP contribution in [-0.2, 0) is 23.6 Å². The van der Waals surface area contributed by atoms with Gasteiger partial charge in [-0.05, 0) is 36.9 Å². The van der Waals surface area contributed by atoms with Crippen LogP contribution < -0.4 is 0 Å². The van der Waals surface area contributed by atoms with E-state index in [1.807, 2.05) is 24.5 Å². The number of aromatic nitrogens is 2. The van der Waals surface area contributed by atoms with Gasteiger partial charge in [0.1, 0.15) is 0 Å². The second-order valence-corrected chi connectivity index (χ2v) is 7.51. The van der Waals surface area contributed by atoms with Gasteiger partial charge in [-0.2, -0.15) is 26.2 Å². The molecular weight excluding hydrogens is 424 g/mol. The maximum absolute atomic E-state index is 4.72. The van der Waals surface area contributed by atoms with Crippen molar-refractivity contribution in [1.82, 2.24) is 14.9 Å². The molecule has 6 nitrogen and oxygen atoms in total. The molecule has 1 aliphatic rings. The van der Waals surface area contributed by atoms with Gasteiger partial charge in [0.15, 0.2) is 0 Å². The van der Waals surface area contributed by atoms with Gasteiger partial charge in [-0.15, -0.1) is 13.1 Å². The average Bonchev–Trinajstić information content (AvgIpc) is 2.76. The molecule has 0 amide bonds. The first kappa shape index (κ1) is 23.1. The Hall–Kier alpha value is -1.60. The molecular formula is C23H29CuN6-3. The number of fused-ring (bicyclic) bond motifs is 3. The van der Waals surface area contributed by atoms with Crippen LogP contribution in [0.3, 0.4) is 0 Å². The van der Waals surface area contributed by atoms with Crippen molar-refractivity contribution in [3.05, 3.63) is 64.2 Å². The molecule has 1 fully saturated rings. The van der Waals surface area contributed by atoms with Crippen molar-refractivity contribution < 1.29 is 17.1 Å². The molecule has 0 unspecified atom stereocenters. The number of hydrogen-bond acceptors (Lipinski definition) is 3. The summed E-state index contributed by atoms with van der Waals surface area (Å²) in [6.45, 7) is 8.22. The van der Waals surface area contributed by atoms with Gasteiger partial charge in [-0.3, -0.25) is 9.97 Å². The SMILES string of the molecule is [Cu].c1cnc2c(c1)cc(CN1CCC[N-]CC[N-]CCC[N-]CC1)c1cccnc12. The molecule has 1 aliphatic heterocycles. The van der Waals surface area contributed by atoms with E-state index in [0.717, 1.165) is 88.2 Å². The molecule has 30 heavy (non-hydrogen) atoms. The number of pyridine rings is 2. The van der Waals surface area contributed by atoms with E-state index in [-0.39, 0.29) is 17.1 Å². The number of nitrogens with zero attached hydrogens (tertiary/aromatic N) is 6. The van der Waals surface area contributed by atoms with Crippen LogP contribution in [0.15, 0.2) is 42.7 Å². The fraction of sp³-hybridized carbons (Fsp3) is 0.478. The monoisotopic (exact) mass is 452 g/mol. The standard InChI is InChI=1S/C23H29N6.Cu/c1-5-19-17-20(21-6-2-11-28-23(21)22(19)27-10-1)18-29-15-4-9-25-13-12-24-7-3-8-26-14-16-29;/h1-2,5-6,10-11,17H,3-4,7-9,12-16,18H2;/q-3;. The van der Waals surface area contributed by atoms with Crippen molar-refractivity contribution in [3.8, 4) is 0 Å². The Balaban J connectivity index is 0.00000256. The predicted molar refractivity (Wildman–Crippen MR) is 121 cm³/mol. The largest absolute Gasteiger partial charge is 0.664 e. The van der Waals surface area contributed by atoms with Gasteiger partial charge in [-0.25, -0.2) is 0 Å². The molecule has 165 valence electrons. The first-order valence-electron chi connectivity index (χ1n) is 10.7. The summed E-state index contributed by atoms with van der Waals surface area (Å²) >= 11 is 0. The maximum Gasteiger partial charge on any atom is 0.0967 e. The van der Waals surface area contributed by atoms with Crippen LogP contribution in [0.4, 0.5) is 0 Å². The fourth-order valence-electron chi connectivity index (χ4n) is 3.88. The van der Waals surface area contributed by atoms with Gasteiger partial charge in [0, 0.05) is 46.8 Å². The van der Waals surface area contributed by atoms with Crippen LogP contribution >= 0.6 is 0 Å². The normalized spacial score (nSPS) is 18.0. The smallest absolute Gasteiger partial charge is 0.0967 e. The summed E-state index contributed by atoms with van der Waals surface area (Å²) < 4.78 is 0. The molecule has 4 rings (SSSR count). The van der Waals surface area contributed by atoms with E-state index in [2.05, 4.69) is 43.7 Å². The van der Waals surface area contributed by atoms with Crippen LogP contribution in [0.25, 0.3) is 37.8 Å². The van der Waals surface area contributed by atoms with Crippen molar-refractivity contribution in [2.45, 2.75) is 19.4 Å². The number of benzene rings is 1. The van der Waals surface area contributed by atoms with Gasteiger partial charge < -0.3 is 20.9 Å². The zero-order chi connectivity index (χ0) is 19.7. The second-order valence-electron chi connectivity index (χ2n) is 7.51. The van der Waals surface area contributed by atoms with E-state index in [1.165, 1.54) is 10.9 Å². The summed E-state index contributed by atoms with van der Waals surface area (Å²) in [7, 11) is 0. The molecule has 0 N–H and O–H groups in total. The zero-order valence-electron chi connectivity index (χ0n) is 17.3. The average molecular weight is 453 g/mol. The van der Waals surface area contributed by atoms with Gasteiger partial charge in [0.2, 0.25) is 0 Å². The zero-order valence-corrected chi connectivity index (χ0v) is 18.2. The molecule has 7 heteroatoms. The van der Waals surface area contributed by atoms with Crippen molar-refractivity contribution in [2.75, 3.05) is 52.4 Å². The van der Waals surface area contributed by atoms with Crippen LogP contribution in [0.2, 0.25) is 0 Å². The third kappa shape index (κ3) is 6.20. The number of rotatable bonds is 2. The van der Waals surface area contributed by atoms with Crippen molar-refractivity contribution >= 4 is 21.8 Å². The van der Waals surface area contributed by atoms with E-state index in [1.54, 1.807) is 0 Å². The Bertz CT molecular complexity index is 904. The summed E-state index contributed by atoms with van der Waals surface area (Å²) in [6.07, 6.45) is 5.82. The molecule has 1 saturated heterocycles. The molecule has 3 aromatic rings. The third-order valence-corrected chi connectivity index (χ3v) is 5.35. The second kappa shape index (κ2) is 12.3. The third-order valence-electron chi connectivity index (χ3n) is 5.35. The molecule has 0 saturated carbocycles. The molecule has 0 aliphatic carbocycles. The van der Waals surface area contributed by atoms with Crippen LogP contribution in [0.5, 0.6) is 0 Å². The van der Waals surface area contributed by atoms with Gasteiger partial charge in [0.05, 0.1) is 11.0 Å². The Morgan fingerprint density at radius 3 is 2.30 bits per heavy atom. The van der Waals surface area contributed by atoms with Crippen molar-refractivity contribution in [1.29, 1.82) is 0 Å².